The van der Waals surface area contributed by atoms with Crippen LogP contribution in [0.25, 0.3) is 16.8 Å². The third-order valence-corrected chi connectivity index (χ3v) is 7.80. The van der Waals surface area contributed by atoms with E-state index in [-0.39, 0.29) is 23.4 Å². The van der Waals surface area contributed by atoms with Crippen molar-refractivity contribution in [3.05, 3.63) is 125 Å². The first-order chi connectivity index (χ1) is 19.0. The number of fused-ring (bicyclic) bond motifs is 1. The van der Waals surface area contributed by atoms with E-state index in [0.29, 0.717) is 24.6 Å². The average molecular weight is 519 g/mol. The van der Waals surface area contributed by atoms with Gasteiger partial charge in [-0.2, -0.15) is 0 Å². The molecule has 0 aliphatic carbocycles. The lowest BCUT2D eigenvalue weighted by Crippen LogP contribution is -2.46. The zero-order valence-corrected chi connectivity index (χ0v) is 22.2. The lowest BCUT2D eigenvalue weighted by molar-refractivity contribution is -0.128. The number of carbonyl (C=O) groups is 2. The van der Waals surface area contributed by atoms with Crippen LogP contribution >= 0.6 is 0 Å². The summed E-state index contributed by atoms with van der Waals surface area (Å²) in [5.74, 6) is -0.410. The van der Waals surface area contributed by atoms with Gasteiger partial charge in [-0.1, -0.05) is 84.9 Å². The molecule has 4 aromatic carbocycles. The number of likely N-dealkylation sites (tertiary alicyclic amines) is 1. The SMILES string of the molecule is C[C@@H](NCC1CN(C(=O)C=Cc2cccc(C(=O)O)c2)CCC1c1ccccc1)c1cccc2ccccc12. The molecule has 0 radical (unpaired) electrons. The Balaban J connectivity index is 1.31. The smallest absolute Gasteiger partial charge is 0.335 e. The molecule has 1 aliphatic heterocycles. The van der Waals surface area contributed by atoms with Crippen LogP contribution in [0.4, 0.5) is 0 Å². The van der Waals surface area contributed by atoms with E-state index in [2.05, 4.69) is 79.0 Å². The van der Waals surface area contributed by atoms with E-state index >= 15 is 0 Å². The maximum Gasteiger partial charge on any atom is 0.335 e. The van der Waals surface area contributed by atoms with Crippen LogP contribution in [0.15, 0.2) is 103 Å². The highest BCUT2D eigenvalue weighted by Crippen LogP contribution is 2.34. The standard InChI is InChI=1S/C34H34N2O3/c1-24(30-16-8-13-27-12-5-6-15-32(27)30)35-22-29-23-36(20-19-31(29)26-10-3-2-4-11-26)33(37)18-17-25-9-7-14-28(21-25)34(38)39/h2-18,21,24,29,31,35H,19-20,22-23H2,1H3,(H,38,39)/t24-,29?,31?/m1/s1. The van der Waals surface area contributed by atoms with E-state index in [1.54, 1.807) is 36.4 Å². The highest BCUT2D eigenvalue weighted by atomic mass is 16.4. The molecule has 198 valence electrons. The van der Waals surface area contributed by atoms with E-state index < -0.39 is 5.97 Å². The summed E-state index contributed by atoms with van der Waals surface area (Å²) in [6.45, 7) is 4.34. The summed E-state index contributed by atoms with van der Waals surface area (Å²) in [6, 6.07) is 32.3. The van der Waals surface area contributed by atoms with Gasteiger partial charge in [-0.25, -0.2) is 4.79 Å². The molecule has 1 saturated heterocycles. The molecule has 39 heavy (non-hydrogen) atoms. The van der Waals surface area contributed by atoms with Crippen LogP contribution in [-0.2, 0) is 4.79 Å². The van der Waals surface area contributed by atoms with Gasteiger partial charge < -0.3 is 15.3 Å². The Labute approximate surface area is 229 Å². The largest absolute Gasteiger partial charge is 0.478 e. The fourth-order valence-electron chi connectivity index (χ4n) is 5.69. The van der Waals surface area contributed by atoms with Crippen molar-refractivity contribution >= 4 is 28.7 Å². The third-order valence-electron chi connectivity index (χ3n) is 7.80. The van der Waals surface area contributed by atoms with Crippen LogP contribution < -0.4 is 5.32 Å². The number of carboxylic acid groups (broad SMARTS) is 1. The van der Waals surface area contributed by atoms with Gasteiger partial charge in [0.2, 0.25) is 5.91 Å². The number of piperidine rings is 1. The van der Waals surface area contributed by atoms with Crippen molar-refractivity contribution < 1.29 is 14.7 Å². The lowest BCUT2D eigenvalue weighted by atomic mass is 9.80. The van der Waals surface area contributed by atoms with Gasteiger partial charge in [0.1, 0.15) is 0 Å². The highest BCUT2D eigenvalue weighted by Gasteiger charge is 2.32. The first-order valence-electron chi connectivity index (χ1n) is 13.6. The van der Waals surface area contributed by atoms with Crippen molar-refractivity contribution in [2.45, 2.75) is 25.3 Å². The van der Waals surface area contributed by atoms with Gasteiger partial charge in [0.25, 0.3) is 0 Å². The second-order valence-corrected chi connectivity index (χ2v) is 10.3. The molecule has 1 fully saturated rings. The van der Waals surface area contributed by atoms with Crippen LogP contribution in [0.3, 0.4) is 0 Å². The Morgan fingerprint density at radius 2 is 1.72 bits per heavy atom. The molecule has 5 rings (SSSR count). The number of carboxylic acids is 1. The molecular formula is C34H34N2O3. The fourth-order valence-corrected chi connectivity index (χ4v) is 5.69. The minimum absolute atomic E-state index is 0.0469. The first-order valence-corrected chi connectivity index (χ1v) is 13.6. The first kappa shape index (κ1) is 26.4. The monoisotopic (exact) mass is 518 g/mol. The molecule has 2 unspecified atom stereocenters. The molecule has 5 nitrogen and oxygen atoms in total. The van der Waals surface area contributed by atoms with E-state index in [4.69, 9.17) is 0 Å². The number of amides is 1. The van der Waals surface area contributed by atoms with Crippen molar-refractivity contribution in [2.24, 2.45) is 5.92 Å². The third kappa shape index (κ3) is 6.27. The van der Waals surface area contributed by atoms with Gasteiger partial charge >= 0.3 is 5.97 Å². The molecule has 0 spiro atoms. The predicted molar refractivity (Wildman–Crippen MR) is 157 cm³/mol. The molecule has 5 heteroatoms. The molecule has 1 aliphatic rings. The molecule has 0 bridgehead atoms. The summed E-state index contributed by atoms with van der Waals surface area (Å²) in [5.41, 5.74) is 3.50. The van der Waals surface area contributed by atoms with E-state index in [0.717, 1.165) is 13.0 Å². The summed E-state index contributed by atoms with van der Waals surface area (Å²) in [6.07, 6.45) is 4.16. The molecule has 0 aromatic heterocycles. The predicted octanol–water partition coefficient (Wildman–Crippen LogP) is 6.53. The number of nitrogens with one attached hydrogen (secondary N) is 1. The second-order valence-electron chi connectivity index (χ2n) is 10.3. The van der Waals surface area contributed by atoms with Gasteiger partial charge in [0.15, 0.2) is 0 Å². The maximum absolute atomic E-state index is 13.2. The molecule has 1 heterocycles. The molecule has 3 atom stereocenters. The highest BCUT2D eigenvalue weighted by molar-refractivity contribution is 5.93. The van der Waals surface area contributed by atoms with Crippen molar-refractivity contribution in [2.75, 3.05) is 19.6 Å². The zero-order valence-electron chi connectivity index (χ0n) is 22.2. The minimum atomic E-state index is -0.979. The quantitative estimate of drug-likeness (QED) is 0.260. The van der Waals surface area contributed by atoms with Gasteiger partial charge in [0.05, 0.1) is 5.56 Å². The Morgan fingerprint density at radius 3 is 2.54 bits per heavy atom. The topological polar surface area (TPSA) is 69.6 Å². The lowest BCUT2D eigenvalue weighted by Gasteiger charge is -2.39. The number of aromatic carboxylic acids is 1. The zero-order chi connectivity index (χ0) is 27.2. The number of nitrogens with zero attached hydrogens (tertiary/aromatic N) is 1. The van der Waals surface area contributed by atoms with Crippen LogP contribution in [0.5, 0.6) is 0 Å². The van der Waals surface area contributed by atoms with E-state index in [1.165, 1.54) is 21.9 Å². The Bertz CT molecular complexity index is 1480. The number of hydrogen-bond acceptors (Lipinski definition) is 3. The molecule has 0 saturated carbocycles. The summed E-state index contributed by atoms with van der Waals surface area (Å²) in [4.78, 5) is 26.4. The minimum Gasteiger partial charge on any atom is -0.478 e. The van der Waals surface area contributed by atoms with E-state index in [9.17, 15) is 14.7 Å². The van der Waals surface area contributed by atoms with Crippen molar-refractivity contribution in [1.29, 1.82) is 0 Å². The fraction of sp³-hybridized carbons (Fsp3) is 0.235. The van der Waals surface area contributed by atoms with E-state index in [1.807, 2.05) is 11.0 Å². The summed E-state index contributed by atoms with van der Waals surface area (Å²) in [7, 11) is 0. The van der Waals surface area contributed by atoms with Gasteiger partial charge in [0, 0.05) is 31.8 Å². The van der Waals surface area contributed by atoms with Gasteiger partial charge in [-0.3, -0.25) is 4.79 Å². The number of hydrogen-bond donors (Lipinski definition) is 2. The normalized spacial score (nSPS) is 18.3. The molecule has 1 amide bonds. The number of rotatable bonds is 8. The molecular weight excluding hydrogens is 484 g/mol. The number of carbonyl (C=O) groups excluding carboxylic acids is 1. The van der Waals surface area contributed by atoms with Gasteiger partial charge in [-0.15, -0.1) is 0 Å². The average Bonchev–Trinajstić information content (AvgIpc) is 2.98. The maximum atomic E-state index is 13.2. The van der Waals surface area contributed by atoms with Crippen molar-refractivity contribution in [3.63, 3.8) is 0 Å². The van der Waals surface area contributed by atoms with Gasteiger partial charge in [-0.05, 0) is 70.9 Å². The van der Waals surface area contributed by atoms with Crippen molar-refractivity contribution in [3.8, 4) is 0 Å². The summed E-state index contributed by atoms with van der Waals surface area (Å²) >= 11 is 0. The summed E-state index contributed by atoms with van der Waals surface area (Å²) in [5, 5.41) is 15.5. The molecule has 2 N–H and O–H groups in total. The van der Waals surface area contributed by atoms with Crippen LogP contribution in [0.1, 0.15) is 52.4 Å². The second kappa shape index (κ2) is 12.1. The van der Waals surface area contributed by atoms with Crippen LogP contribution in [0.2, 0.25) is 0 Å². The molecule has 4 aromatic rings. The Morgan fingerprint density at radius 1 is 0.974 bits per heavy atom. The summed E-state index contributed by atoms with van der Waals surface area (Å²) < 4.78 is 0. The number of benzene rings is 4. The Hall–Kier alpha value is -4.22. The van der Waals surface area contributed by atoms with Crippen molar-refractivity contribution in [1.82, 2.24) is 10.2 Å². The van der Waals surface area contributed by atoms with Crippen LogP contribution in [-0.4, -0.2) is 41.5 Å². The van der Waals surface area contributed by atoms with Crippen LogP contribution in [0, 0.1) is 5.92 Å². The Kier molecular flexibility index (Phi) is 8.18.